The minimum absolute atomic E-state index is 0.00167. The van der Waals surface area contributed by atoms with Crippen molar-refractivity contribution in [1.82, 2.24) is 19.7 Å². The van der Waals surface area contributed by atoms with Gasteiger partial charge in [-0.1, -0.05) is 30.3 Å². The van der Waals surface area contributed by atoms with Crippen molar-refractivity contribution in [2.75, 3.05) is 44.7 Å². The third-order valence-corrected chi connectivity index (χ3v) is 7.24. The molecule has 5 rings (SSSR count). The van der Waals surface area contributed by atoms with Crippen LogP contribution in [0, 0.1) is 0 Å². The van der Waals surface area contributed by atoms with Crippen molar-refractivity contribution in [1.29, 1.82) is 0 Å². The third kappa shape index (κ3) is 3.79. The Labute approximate surface area is 188 Å². The Morgan fingerprint density at radius 2 is 1.84 bits per heavy atom. The lowest BCUT2D eigenvalue weighted by Crippen LogP contribution is -2.59. The molecule has 8 nitrogen and oxygen atoms in total. The normalized spacial score (nSPS) is 22.8. The molecular weight excluding hydrogens is 406 g/mol. The van der Waals surface area contributed by atoms with Crippen LogP contribution in [0.1, 0.15) is 18.4 Å². The number of rotatable bonds is 3. The van der Waals surface area contributed by atoms with E-state index in [4.69, 9.17) is 4.74 Å². The molecule has 0 aliphatic carbocycles. The summed E-state index contributed by atoms with van der Waals surface area (Å²) in [5.74, 6) is -0.00167. The zero-order chi connectivity index (χ0) is 22.1. The van der Waals surface area contributed by atoms with Gasteiger partial charge in [0.1, 0.15) is 19.3 Å². The number of ether oxygens (including phenoxy) is 1. The molecule has 0 bridgehead atoms. The van der Waals surface area contributed by atoms with Gasteiger partial charge in [0.05, 0.1) is 6.54 Å². The third-order valence-electron chi connectivity index (χ3n) is 7.24. The molecule has 0 saturated carbocycles. The van der Waals surface area contributed by atoms with E-state index in [9.17, 15) is 9.59 Å². The van der Waals surface area contributed by atoms with Crippen LogP contribution in [0.25, 0.3) is 0 Å². The largest absolute Gasteiger partial charge is 0.445 e. The van der Waals surface area contributed by atoms with Crippen molar-refractivity contribution in [3.8, 4) is 0 Å². The number of carbonyl (C=O) groups excluding carboxylic acids is 2. The van der Waals surface area contributed by atoms with Crippen molar-refractivity contribution in [3.05, 3.63) is 60.4 Å². The van der Waals surface area contributed by atoms with Crippen LogP contribution in [-0.4, -0.2) is 83.2 Å². The summed E-state index contributed by atoms with van der Waals surface area (Å²) < 4.78 is 5.49. The number of piperazine rings is 1. The smallest absolute Gasteiger partial charge is 0.410 e. The Bertz CT molecular complexity index is 962. The maximum absolute atomic E-state index is 13.0. The van der Waals surface area contributed by atoms with Gasteiger partial charge in [-0.15, -0.1) is 0 Å². The van der Waals surface area contributed by atoms with Crippen molar-refractivity contribution in [2.24, 2.45) is 0 Å². The van der Waals surface area contributed by atoms with Gasteiger partial charge < -0.3 is 14.5 Å². The van der Waals surface area contributed by atoms with Gasteiger partial charge in [-0.25, -0.2) is 4.79 Å². The lowest BCUT2D eigenvalue weighted by atomic mass is 9.86. The monoisotopic (exact) mass is 435 g/mol. The number of aromatic nitrogens is 1. The lowest BCUT2D eigenvalue weighted by molar-refractivity contribution is -0.139. The van der Waals surface area contributed by atoms with Crippen LogP contribution in [-0.2, 0) is 16.1 Å². The Morgan fingerprint density at radius 3 is 2.56 bits per heavy atom. The molecule has 3 aliphatic rings. The number of piperidine rings is 1. The summed E-state index contributed by atoms with van der Waals surface area (Å²) in [4.78, 5) is 38.0. The topological polar surface area (TPSA) is 69.2 Å². The van der Waals surface area contributed by atoms with Crippen molar-refractivity contribution >= 4 is 17.7 Å². The molecule has 1 unspecified atom stereocenters. The van der Waals surface area contributed by atoms with Gasteiger partial charge in [0, 0.05) is 43.3 Å². The maximum atomic E-state index is 13.0. The van der Waals surface area contributed by atoms with Gasteiger partial charge in [0.2, 0.25) is 5.91 Å². The molecule has 1 spiro atoms. The first-order chi connectivity index (χ1) is 15.6. The number of fused-ring (bicyclic) bond motifs is 1. The fraction of sp³-hybridized carbons (Fsp3) is 0.458. The number of hydrogen-bond donors (Lipinski definition) is 0. The summed E-state index contributed by atoms with van der Waals surface area (Å²) in [5.41, 5.74) is 2.08. The molecule has 3 fully saturated rings. The Kier molecular flexibility index (Phi) is 5.46. The predicted molar refractivity (Wildman–Crippen MR) is 120 cm³/mol. The number of anilines is 1. The standard InChI is InChI=1S/C24H29N5O3/c1-26-21-15-28(23(31)32-17-19-5-3-2-4-6-19)16-22(30)29(21)18-24(26)9-13-27(14-10-24)20-7-11-25-12-8-20/h2-8,11-12,21H,9-10,13-18H2,1H3. The zero-order valence-corrected chi connectivity index (χ0v) is 18.4. The Hall–Kier alpha value is -3.13. The van der Waals surface area contributed by atoms with E-state index in [2.05, 4.69) is 21.8 Å². The van der Waals surface area contributed by atoms with Crippen LogP contribution in [0.15, 0.2) is 54.9 Å². The van der Waals surface area contributed by atoms with Crippen molar-refractivity contribution in [3.63, 3.8) is 0 Å². The average Bonchev–Trinajstić information content (AvgIpc) is 3.11. The number of hydrogen-bond acceptors (Lipinski definition) is 6. The molecule has 8 heteroatoms. The second kappa shape index (κ2) is 8.43. The number of nitrogens with zero attached hydrogens (tertiary/aromatic N) is 5. The molecule has 3 aliphatic heterocycles. The summed E-state index contributed by atoms with van der Waals surface area (Å²) >= 11 is 0. The molecule has 168 valence electrons. The average molecular weight is 436 g/mol. The summed E-state index contributed by atoms with van der Waals surface area (Å²) in [5, 5.41) is 0. The van der Waals surface area contributed by atoms with Crippen LogP contribution in [0.2, 0.25) is 0 Å². The molecule has 0 N–H and O–H groups in total. The molecular formula is C24H29N5O3. The number of amides is 2. The molecule has 1 atom stereocenters. The first-order valence-corrected chi connectivity index (χ1v) is 11.2. The van der Waals surface area contributed by atoms with Gasteiger partial charge >= 0.3 is 6.09 Å². The Morgan fingerprint density at radius 1 is 1.12 bits per heavy atom. The number of pyridine rings is 1. The fourth-order valence-corrected chi connectivity index (χ4v) is 5.25. The molecule has 2 aromatic rings. The fourth-order valence-electron chi connectivity index (χ4n) is 5.25. The molecule has 1 aromatic heterocycles. The van der Waals surface area contributed by atoms with Crippen LogP contribution >= 0.6 is 0 Å². The molecule has 4 heterocycles. The van der Waals surface area contributed by atoms with Crippen LogP contribution in [0.5, 0.6) is 0 Å². The van der Waals surface area contributed by atoms with Gasteiger partial charge in [-0.05, 0) is 37.6 Å². The molecule has 1 aromatic carbocycles. The van der Waals surface area contributed by atoms with Gasteiger partial charge in [-0.3, -0.25) is 19.6 Å². The second-order valence-corrected chi connectivity index (χ2v) is 8.95. The number of likely N-dealkylation sites (N-methyl/N-ethyl adjacent to an activating group) is 1. The van der Waals surface area contributed by atoms with Crippen LogP contribution in [0.3, 0.4) is 0 Å². The maximum Gasteiger partial charge on any atom is 0.410 e. The van der Waals surface area contributed by atoms with E-state index in [1.165, 1.54) is 5.69 Å². The summed E-state index contributed by atoms with van der Waals surface area (Å²) in [7, 11) is 2.10. The number of carbonyl (C=O) groups is 2. The highest BCUT2D eigenvalue weighted by Gasteiger charge is 2.53. The van der Waals surface area contributed by atoms with E-state index in [0.717, 1.165) is 38.0 Å². The van der Waals surface area contributed by atoms with Crippen LogP contribution in [0.4, 0.5) is 10.5 Å². The van der Waals surface area contributed by atoms with Crippen molar-refractivity contribution < 1.29 is 14.3 Å². The first-order valence-electron chi connectivity index (χ1n) is 11.2. The highest BCUT2D eigenvalue weighted by Crippen LogP contribution is 2.39. The molecule has 3 saturated heterocycles. The van der Waals surface area contributed by atoms with E-state index in [1.54, 1.807) is 4.90 Å². The molecule has 2 amide bonds. The van der Waals surface area contributed by atoms with Gasteiger partial charge in [-0.2, -0.15) is 0 Å². The summed E-state index contributed by atoms with van der Waals surface area (Å²) in [6, 6.07) is 13.7. The number of benzene rings is 1. The minimum Gasteiger partial charge on any atom is -0.445 e. The van der Waals surface area contributed by atoms with E-state index >= 15 is 0 Å². The lowest BCUT2D eigenvalue weighted by Gasteiger charge is -2.44. The van der Waals surface area contributed by atoms with Gasteiger partial charge in [0.15, 0.2) is 0 Å². The first kappa shape index (κ1) is 20.8. The van der Waals surface area contributed by atoms with E-state index in [0.29, 0.717) is 6.54 Å². The van der Waals surface area contributed by atoms with E-state index in [-0.39, 0.29) is 30.8 Å². The predicted octanol–water partition coefficient (Wildman–Crippen LogP) is 2.17. The highest BCUT2D eigenvalue weighted by atomic mass is 16.6. The summed E-state index contributed by atoms with van der Waals surface area (Å²) in [6.07, 6.45) is 5.07. The quantitative estimate of drug-likeness (QED) is 0.736. The highest BCUT2D eigenvalue weighted by molar-refractivity contribution is 5.84. The summed E-state index contributed by atoms with van der Waals surface area (Å²) in [6.45, 7) is 3.37. The SMILES string of the molecule is CN1C2CN(C(=O)OCc3ccccc3)CC(=O)N2CC12CCN(c1ccncc1)CC2. The van der Waals surface area contributed by atoms with Crippen LogP contribution < -0.4 is 4.90 Å². The van der Waals surface area contributed by atoms with Crippen molar-refractivity contribution in [2.45, 2.75) is 31.2 Å². The van der Waals surface area contributed by atoms with E-state index < -0.39 is 6.09 Å². The second-order valence-electron chi connectivity index (χ2n) is 8.95. The molecule has 0 radical (unpaired) electrons. The minimum atomic E-state index is -0.427. The van der Waals surface area contributed by atoms with Gasteiger partial charge in [0.25, 0.3) is 0 Å². The Balaban J connectivity index is 1.22. The molecule has 32 heavy (non-hydrogen) atoms. The zero-order valence-electron chi connectivity index (χ0n) is 18.4. The van der Waals surface area contributed by atoms with E-state index in [1.807, 2.05) is 59.8 Å².